The van der Waals surface area contributed by atoms with Crippen LogP contribution in [0.15, 0.2) is 59.0 Å². The Kier molecular flexibility index (Phi) is 4.08. The molecule has 0 amide bonds. The Balaban J connectivity index is 2.29. The summed E-state index contributed by atoms with van der Waals surface area (Å²) in [5.41, 5.74) is -0.760. The summed E-state index contributed by atoms with van der Waals surface area (Å²) in [5.74, 6) is -3.17. The van der Waals surface area contributed by atoms with Gasteiger partial charge in [0.2, 0.25) is 9.84 Å². The SMILES string of the molecule is Cc1ccc(S(=O)(=O)/C(=C2\C(C)(C)C2(F)F)c2ccc(Cl)cc2)cc1. The highest BCUT2D eigenvalue weighted by Crippen LogP contribution is 2.68. The lowest BCUT2D eigenvalue weighted by atomic mass is 10.1. The molecule has 0 bridgehead atoms. The van der Waals surface area contributed by atoms with Gasteiger partial charge in [-0.3, -0.25) is 0 Å². The maximum atomic E-state index is 14.4. The highest BCUT2D eigenvalue weighted by Gasteiger charge is 2.72. The quantitative estimate of drug-likeness (QED) is 0.701. The first-order valence-corrected chi connectivity index (χ1v) is 9.56. The largest absolute Gasteiger partial charge is 0.280 e. The zero-order valence-corrected chi connectivity index (χ0v) is 15.5. The second kappa shape index (κ2) is 5.64. The third kappa shape index (κ3) is 2.79. The van der Waals surface area contributed by atoms with Crippen molar-refractivity contribution in [3.8, 4) is 0 Å². The number of aryl methyl sites for hydroxylation is 1. The number of hydrogen-bond donors (Lipinski definition) is 0. The van der Waals surface area contributed by atoms with Gasteiger partial charge >= 0.3 is 0 Å². The lowest BCUT2D eigenvalue weighted by Gasteiger charge is -2.11. The van der Waals surface area contributed by atoms with Crippen LogP contribution in [0.25, 0.3) is 4.91 Å². The summed E-state index contributed by atoms with van der Waals surface area (Å²) in [7, 11) is -4.11. The van der Waals surface area contributed by atoms with Crippen LogP contribution in [0.2, 0.25) is 5.02 Å². The molecule has 0 atom stereocenters. The Bertz CT molecular complexity index is 941. The van der Waals surface area contributed by atoms with Crippen LogP contribution < -0.4 is 0 Å². The lowest BCUT2D eigenvalue weighted by molar-refractivity contribution is 0.0828. The van der Waals surface area contributed by atoms with E-state index in [1.54, 1.807) is 12.1 Å². The summed E-state index contributed by atoms with van der Waals surface area (Å²) < 4.78 is 55.0. The van der Waals surface area contributed by atoms with Crippen LogP contribution in [0.1, 0.15) is 25.0 Å². The maximum Gasteiger partial charge on any atom is 0.280 e. The van der Waals surface area contributed by atoms with E-state index in [9.17, 15) is 17.2 Å². The van der Waals surface area contributed by atoms with Crippen molar-refractivity contribution in [1.82, 2.24) is 0 Å². The lowest BCUT2D eigenvalue weighted by Crippen LogP contribution is -2.06. The van der Waals surface area contributed by atoms with Crippen LogP contribution in [-0.2, 0) is 9.84 Å². The van der Waals surface area contributed by atoms with Gasteiger partial charge in [-0.05, 0) is 50.6 Å². The average molecular weight is 383 g/mol. The maximum absolute atomic E-state index is 14.4. The van der Waals surface area contributed by atoms with Gasteiger partial charge in [-0.15, -0.1) is 0 Å². The predicted octanol–water partition coefficient (Wildman–Crippen LogP) is 5.51. The molecule has 0 aromatic heterocycles. The molecule has 25 heavy (non-hydrogen) atoms. The fourth-order valence-corrected chi connectivity index (χ4v) is 4.82. The molecule has 0 N–H and O–H groups in total. The first kappa shape index (κ1) is 18.1. The van der Waals surface area contributed by atoms with Crippen LogP contribution in [0, 0.1) is 12.3 Å². The normalized spacial score (nSPS) is 20.2. The number of allylic oxidation sites excluding steroid dienone is 1. The topological polar surface area (TPSA) is 34.1 Å². The number of halogens is 3. The Labute approximate surface area is 151 Å². The van der Waals surface area contributed by atoms with Gasteiger partial charge in [-0.2, -0.15) is 0 Å². The van der Waals surface area contributed by atoms with E-state index in [-0.39, 0.29) is 20.9 Å². The molecule has 2 aromatic carbocycles. The molecule has 3 rings (SSSR count). The average Bonchev–Trinajstić information content (AvgIpc) is 2.92. The molecular formula is C19H17ClF2O2S. The monoisotopic (exact) mass is 382 g/mol. The van der Waals surface area contributed by atoms with Crippen molar-refractivity contribution in [2.45, 2.75) is 31.6 Å². The Morgan fingerprint density at radius 3 is 1.88 bits per heavy atom. The Hall–Kier alpha value is -1.72. The van der Waals surface area contributed by atoms with Crippen molar-refractivity contribution in [3.63, 3.8) is 0 Å². The molecule has 1 saturated carbocycles. The van der Waals surface area contributed by atoms with Gasteiger partial charge in [-0.25, -0.2) is 17.2 Å². The molecule has 0 radical (unpaired) electrons. The molecule has 132 valence electrons. The molecule has 1 fully saturated rings. The molecule has 2 aromatic rings. The smallest absolute Gasteiger partial charge is 0.218 e. The van der Waals surface area contributed by atoms with Gasteiger partial charge in [0.15, 0.2) is 0 Å². The summed E-state index contributed by atoms with van der Waals surface area (Å²) >= 11 is 5.86. The minimum Gasteiger partial charge on any atom is -0.218 e. The molecule has 0 heterocycles. The second-order valence-electron chi connectivity index (χ2n) is 6.73. The highest BCUT2D eigenvalue weighted by molar-refractivity contribution is 8.00. The molecule has 0 unspecified atom stereocenters. The molecule has 6 heteroatoms. The second-order valence-corrected chi connectivity index (χ2v) is 9.05. The van der Waals surface area contributed by atoms with Crippen molar-refractivity contribution < 1.29 is 17.2 Å². The van der Waals surface area contributed by atoms with E-state index in [0.29, 0.717) is 5.02 Å². The molecule has 1 aliphatic carbocycles. The summed E-state index contributed by atoms with van der Waals surface area (Å²) in [6.45, 7) is 4.53. The zero-order chi connectivity index (χ0) is 18.6. The summed E-state index contributed by atoms with van der Waals surface area (Å²) in [5, 5.41) is 0.405. The minimum atomic E-state index is -4.11. The van der Waals surface area contributed by atoms with E-state index in [1.807, 2.05) is 6.92 Å². The molecule has 1 aliphatic rings. The van der Waals surface area contributed by atoms with Crippen molar-refractivity contribution in [2.75, 3.05) is 0 Å². The van der Waals surface area contributed by atoms with Gasteiger partial charge in [0.25, 0.3) is 5.92 Å². The summed E-state index contributed by atoms with van der Waals surface area (Å²) in [4.78, 5) is -0.336. The fourth-order valence-electron chi connectivity index (χ4n) is 2.86. The third-order valence-corrected chi connectivity index (χ3v) is 6.72. The molecule has 0 aliphatic heterocycles. The highest BCUT2D eigenvalue weighted by atomic mass is 35.5. The zero-order valence-electron chi connectivity index (χ0n) is 14.0. The van der Waals surface area contributed by atoms with Crippen molar-refractivity contribution in [2.24, 2.45) is 5.41 Å². The molecular weight excluding hydrogens is 366 g/mol. The number of rotatable bonds is 3. The summed E-state index contributed by atoms with van der Waals surface area (Å²) in [6, 6.07) is 12.1. The molecule has 0 spiro atoms. The van der Waals surface area contributed by atoms with E-state index >= 15 is 0 Å². The van der Waals surface area contributed by atoms with Crippen LogP contribution in [0.4, 0.5) is 8.78 Å². The third-order valence-electron chi connectivity index (χ3n) is 4.59. The van der Waals surface area contributed by atoms with Gasteiger partial charge in [0.1, 0.15) is 0 Å². The molecule has 0 saturated heterocycles. The van der Waals surface area contributed by atoms with E-state index in [0.717, 1.165) is 5.56 Å². The molecule has 2 nitrogen and oxygen atoms in total. The van der Waals surface area contributed by atoms with Crippen molar-refractivity contribution >= 4 is 26.3 Å². The minimum absolute atomic E-state index is 0.00551. The van der Waals surface area contributed by atoms with Crippen LogP contribution in [-0.4, -0.2) is 14.3 Å². The number of alkyl halides is 2. The van der Waals surface area contributed by atoms with E-state index in [1.165, 1.54) is 50.2 Å². The van der Waals surface area contributed by atoms with Gasteiger partial charge in [0, 0.05) is 10.6 Å². The first-order chi connectivity index (χ1) is 11.5. The van der Waals surface area contributed by atoms with Gasteiger partial charge in [-0.1, -0.05) is 41.4 Å². The Morgan fingerprint density at radius 2 is 1.44 bits per heavy atom. The number of sulfone groups is 1. The predicted molar refractivity (Wildman–Crippen MR) is 95.5 cm³/mol. The van der Waals surface area contributed by atoms with Gasteiger partial charge < -0.3 is 0 Å². The van der Waals surface area contributed by atoms with Crippen LogP contribution >= 0.6 is 11.6 Å². The Morgan fingerprint density at radius 1 is 0.960 bits per heavy atom. The van der Waals surface area contributed by atoms with Gasteiger partial charge in [0.05, 0.1) is 15.2 Å². The first-order valence-electron chi connectivity index (χ1n) is 7.70. The number of benzene rings is 2. The van der Waals surface area contributed by atoms with Crippen molar-refractivity contribution in [1.29, 1.82) is 0 Å². The van der Waals surface area contributed by atoms with Crippen molar-refractivity contribution in [3.05, 3.63) is 70.3 Å². The number of hydrogen-bond acceptors (Lipinski definition) is 2. The van der Waals surface area contributed by atoms with Crippen LogP contribution in [0.5, 0.6) is 0 Å². The standard InChI is InChI=1S/C19H17ClF2O2S/c1-12-4-10-15(11-5-12)25(23,24)16(13-6-8-14(20)9-7-13)17-18(2,3)19(17,21)22/h4-11H,1-3H3/b17-16+. The fraction of sp³-hybridized carbons (Fsp3) is 0.263. The van der Waals surface area contributed by atoms with E-state index < -0.39 is 21.2 Å². The van der Waals surface area contributed by atoms with E-state index in [2.05, 4.69) is 0 Å². The summed E-state index contributed by atoms with van der Waals surface area (Å²) in [6.07, 6.45) is 0. The van der Waals surface area contributed by atoms with Crippen LogP contribution in [0.3, 0.4) is 0 Å². The van der Waals surface area contributed by atoms with E-state index in [4.69, 9.17) is 11.6 Å².